The molecule has 0 fully saturated rings. The van der Waals surface area contributed by atoms with Crippen LogP contribution < -0.4 is 5.32 Å². The average Bonchev–Trinajstić information content (AvgIpc) is 2.35. The lowest BCUT2D eigenvalue weighted by molar-refractivity contribution is 0.410. The number of hydrogen-bond donors (Lipinski definition) is 1. The zero-order valence-electron chi connectivity index (χ0n) is 11.8. The molecule has 0 saturated heterocycles. The number of aryl methyl sites for hydroxylation is 1. The largest absolute Gasteiger partial charge is 0.307 e. The van der Waals surface area contributed by atoms with Crippen LogP contribution in [0.2, 0.25) is 0 Å². The monoisotopic (exact) mass is 233 g/mol. The van der Waals surface area contributed by atoms with Crippen LogP contribution >= 0.6 is 0 Å². The molecule has 1 nitrogen and oxygen atoms in total. The summed E-state index contributed by atoms with van der Waals surface area (Å²) in [4.78, 5) is 0. The maximum absolute atomic E-state index is 3.74. The number of hydrogen-bond acceptors (Lipinski definition) is 1. The van der Waals surface area contributed by atoms with E-state index in [1.807, 2.05) is 0 Å². The van der Waals surface area contributed by atoms with Crippen molar-refractivity contribution in [2.24, 2.45) is 0 Å². The Morgan fingerprint density at radius 2 is 1.76 bits per heavy atom. The number of rotatable bonds is 7. The Morgan fingerprint density at radius 1 is 1.12 bits per heavy atom. The minimum absolute atomic E-state index is 0.456. The number of unbranched alkanes of at least 4 members (excludes halogenated alkanes) is 1. The van der Waals surface area contributed by atoms with Crippen molar-refractivity contribution < 1.29 is 0 Å². The van der Waals surface area contributed by atoms with Gasteiger partial charge in [0.15, 0.2) is 0 Å². The quantitative estimate of drug-likeness (QED) is 0.725. The van der Waals surface area contributed by atoms with E-state index in [0.717, 1.165) is 0 Å². The maximum Gasteiger partial charge on any atom is 0.0294 e. The summed E-state index contributed by atoms with van der Waals surface area (Å²) in [5.74, 6) is 0. The highest BCUT2D eigenvalue weighted by atomic mass is 14.9. The van der Waals surface area contributed by atoms with E-state index in [-0.39, 0.29) is 0 Å². The minimum Gasteiger partial charge on any atom is -0.307 e. The molecule has 1 aromatic rings. The van der Waals surface area contributed by atoms with Gasteiger partial charge in [0.05, 0.1) is 0 Å². The van der Waals surface area contributed by atoms with Gasteiger partial charge in [-0.05, 0) is 32.3 Å². The van der Waals surface area contributed by atoms with E-state index in [4.69, 9.17) is 0 Å². The molecule has 0 saturated carbocycles. The van der Waals surface area contributed by atoms with Crippen LogP contribution in [-0.2, 0) is 0 Å². The fourth-order valence-electron chi connectivity index (χ4n) is 2.16. The lowest BCUT2D eigenvalue weighted by atomic mass is 10.0. The van der Waals surface area contributed by atoms with Gasteiger partial charge in [-0.15, -0.1) is 0 Å². The maximum atomic E-state index is 3.74. The molecule has 17 heavy (non-hydrogen) atoms. The van der Waals surface area contributed by atoms with E-state index >= 15 is 0 Å². The van der Waals surface area contributed by atoms with E-state index in [1.165, 1.54) is 36.8 Å². The van der Waals surface area contributed by atoms with Crippen molar-refractivity contribution in [1.29, 1.82) is 0 Å². The fraction of sp³-hybridized carbons (Fsp3) is 0.625. The van der Waals surface area contributed by atoms with Crippen molar-refractivity contribution in [3.05, 3.63) is 35.4 Å². The first kappa shape index (κ1) is 14.2. The highest BCUT2D eigenvalue weighted by Crippen LogP contribution is 2.16. The van der Waals surface area contributed by atoms with Crippen LogP contribution in [0.5, 0.6) is 0 Å². The summed E-state index contributed by atoms with van der Waals surface area (Å²) in [5, 5.41) is 3.74. The first-order valence-electron chi connectivity index (χ1n) is 7.00. The van der Waals surface area contributed by atoms with Crippen molar-refractivity contribution in [2.45, 2.75) is 65.5 Å². The summed E-state index contributed by atoms with van der Waals surface area (Å²) in [6, 6.07) is 9.98. The van der Waals surface area contributed by atoms with Crippen molar-refractivity contribution in [3.8, 4) is 0 Å². The van der Waals surface area contributed by atoms with Gasteiger partial charge in [0.1, 0.15) is 0 Å². The summed E-state index contributed by atoms with van der Waals surface area (Å²) >= 11 is 0. The lowest BCUT2D eigenvalue weighted by Crippen LogP contribution is -2.30. The molecule has 0 aliphatic heterocycles. The van der Waals surface area contributed by atoms with Gasteiger partial charge < -0.3 is 5.32 Å². The molecule has 96 valence electrons. The van der Waals surface area contributed by atoms with Crippen LogP contribution in [0.15, 0.2) is 24.3 Å². The average molecular weight is 233 g/mol. The van der Waals surface area contributed by atoms with Crippen molar-refractivity contribution in [1.82, 2.24) is 5.32 Å². The van der Waals surface area contributed by atoms with E-state index in [2.05, 4.69) is 57.3 Å². The standard InChI is InChI=1S/C16H27N/c1-5-7-8-16(6-2)17-14(4)15-11-9-13(3)10-12-15/h9-12,14,16-17H,5-8H2,1-4H3/t14-,16?/m0/s1. The lowest BCUT2D eigenvalue weighted by Gasteiger charge is -2.22. The molecule has 1 unspecified atom stereocenters. The smallest absolute Gasteiger partial charge is 0.0294 e. The van der Waals surface area contributed by atoms with Gasteiger partial charge in [0.25, 0.3) is 0 Å². The van der Waals surface area contributed by atoms with Crippen molar-refractivity contribution in [3.63, 3.8) is 0 Å². The van der Waals surface area contributed by atoms with Gasteiger partial charge in [-0.1, -0.05) is 56.5 Å². The minimum atomic E-state index is 0.456. The van der Waals surface area contributed by atoms with E-state index in [9.17, 15) is 0 Å². The van der Waals surface area contributed by atoms with Gasteiger partial charge in [-0.25, -0.2) is 0 Å². The molecule has 0 radical (unpaired) electrons. The molecule has 1 N–H and O–H groups in total. The van der Waals surface area contributed by atoms with Gasteiger partial charge in [-0.3, -0.25) is 0 Å². The summed E-state index contributed by atoms with van der Waals surface area (Å²) in [5.41, 5.74) is 2.73. The van der Waals surface area contributed by atoms with Crippen LogP contribution in [0.3, 0.4) is 0 Å². The molecule has 1 rings (SSSR count). The second kappa shape index (κ2) is 7.50. The fourth-order valence-corrected chi connectivity index (χ4v) is 2.16. The Labute approximate surface area is 107 Å². The van der Waals surface area contributed by atoms with Crippen LogP contribution in [-0.4, -0.2) is 6.04 Å². The SMILES string of the molecule is CCCCC(CC)N[C@@H](C)c1ccc(C)cc1. The summed E-state index contributed by atoms with van der Waals surface area (Å²) in [6.45, 7) is 8.93. The molecule has 1 aromatic carbocycles. The van der Waals surface area contributed by atoms with Crippen LogP contribution in [0.1, 0.15) is 63.6 Å². The first-order chi connectivity index (χ1) is 8.17. The Balaban J connectivity index is 2.51. The van der Waals surface area contributed by atoms with Gasteiger partial charge in [-0.2, -0.15) is 0 Å². The normalized spacial score (nSPS) is 14.6. The zero-order chi connectivity index (χ0) is 12.7. The molecular weight excluding hydrogens is 206 g/mol. The van der Waals surface area contributed by atoms with Crippen LogP contribution in [0.25, 0.3) is 0 Å². The molecule has 0 heterocycles. The predicted molar refractivity (Wildman–Crippen MR) is 76.3 cm³/mol. The molecule has 0 aliphatic rings. The van der Waals surface area contributed by atoms with Crippen molar-refractivity contribution >= 4 is 0 Å². The molecule has 0 amide bonds. The summed E-state index contributed by atoms with van der Waals surface area (Å²) in [6.07, 6.45) is 5.13. The molecule has 0 aromatic heterocycles. The topological polar surface area (TPSA) is 12.0 Å². The molecule has 0 bridgehead atoms. The third-order valence-corrected chi connectivity index (χ3v) is 3.46. The van der Waals surface area contributed by atoms with E-state index in [0.29, 0.717) is 12.1 Å². The third-order valence-electron chi connectivity index (χ3n) is 3.46. The van der Waals surface area contributed by atoms with E-state index < -0.39 is 0 Å². The molecule has 1 heteroatoms. The Kier molecular flexibility index (Phi) is 6.28. The Morgan fingerprint density at radius 3 is 2.29 bits per heavy atom. The molecular formula is C16H27N. The van der Waals surface area contributed by atoms with Gasteiger partial charge in [0.2, 0.25) is 0 Å². The molecule has 0 spiro atoms. The second-order valence-electron chi connectivity index (χ2n) is 5.05. The van der Waals surface area contributed by atoms with Crippen LogP contribution in [0, 0.1) is 6.92 Å². The Bertz CT molecular complexity index is 302. The highest BCUT2D eigenvalue weighted by molar-refractivity contribution is 5.23. The highest BCUT2D eigenvalue weighted by Gasteiger charge is 2.10. The molecule has 0 aliphatic carbocycles. The van der Waals surface area contributed by atoms with Gasteiger partial charge >= 0.3 is 0 Å². The summed E-state index contributed by atoms with van der Waals surface area (Å²) < 4.78 is 0. The zero-order valence-corrected chi connectivity index (χ0v) is 11.8. The van der Waals surface area contributed by atoms with Crippen molar-refractivity contribution in [2.75, 3.05) is 0 Å². The summed E-state index contributed by atoms with van der Waals surface area (Å²) in [7, 11) is 0. The Hall–Kier alpha value is -0.820. The predicted octanol–water partition coefficient (Wildman–Crippen LogP) is 4.61. The third kappa shape index (κ3) is 4.91. The van der Waals surface area contributed by atoms with Crippen LogP contribution in [0.4, 0.5) is 0 Å². The number of nitrogens with one attached hydrogen (secondary N) is 1. The van der Waals surface area contributed by atoms with E-state index in [1.54, 1.807) is 0 Å². The number of benzene rings is 1. The molecule has 2 atom stereocenters. The van der Waals surface area contributed by atoms with Gasteiger partial charge in [0, 0.05) is 12.1 Å². The second-order valence-corrected chi connectivity index (χ2v) is 5.05. The first-order valence-corrected chi connectivity index (χ1v) is 7.00.